The fraction of sp³-hybridized carbons (Fsp3) is 0.259. The summed E-state index contributed by atoms with van der Waals surface area (Å²) >= 11 is 1.52. The zero-order valence-corrected chi connectivity index (χ0v) is 19.8. The van der Waals surface area contributed by atoms with E-state index < -0.39 is 0 Å². The van der Waals surface area contributed by atoms with Crippen molar-refractivity contribution in [2.45, 2.75) is 26.3 Å². The van der Waals surface area contributed by atoms with Gasteiger partial charge in [-0.3, -0.25) is 9.59 Å². The molecule has 0 aliphatic rings. The van der Waals surface area contributed by atoms with Crippen molar-refractivity contribution in [3.05, 3.63) is 93.2 Å². The molecule has 2 aromatic heterocycles. The number of thiophene rings is 1. The first-order valence-corrected chi connectivity index (χ1v) is 11.9. The number of amides is 1. The van der Waals surface area contributed by atoms with Gasteiger partial charge in [0.25, 0.3) is 5.91 Å². The number of benzene rings is 2. The van der Waals surface area contributed by atoms with E-state index in [4.69, 9.17) is 0 Å². The largest absolute Gasteiger partial charge is 0.396 e. The van der Waals surface area contributed by atoms with Gasteiger partial charge in [0, 0.05) is 43.7 Å². The lowest BCUT2D eigenvalue weighted by molar-refractivity contribution is 0.0741. The predicted molar refractivity (Wildman–Crippen MR) is 135 cm³/mol. The summed E-state index contributed by atoms with van der Waals surface area (Å²) in [5.74, 6) is 0.0270. The lowest BCUT2D eigenvalue weighted by Gasteiger charge is -2.22. The molecule has 6 heteroatoms. The van der Waals surface area contributed by atoms with Gasteiger partial charge in [0.2, 0.25) is 5.56 Å². The van der Waals surface area contributed by atoms with Gasteiger partial charge in [0.05, 0.1) is 4.88 Å². The highest BCUT2D eigenvalue weighted by Gasteiger charge is 2.22. The van der Waals surface area contributed by atoms with Crippen molar-refractivity contribution in [1.82, 2.24) is 9.47 Å². The lowest BCUT2D eigenvalue weighted by Crippen LogP contribution is -2.31. The number of fused-ring (bicyclic) bond motifs is 1. The molecule has 0 unspecified atom stereocenters. The highest BCUT2D eigenvalue weighted by Crippen LogP contribution is 2.35. The van der Waals surface area contributed by atoms with Crippen LogP contribution in [0.25, 0.3) is 21.2 Å². The summed E-state index contributed by atoms with van der Waals surface area (Å²) < 4.78 is 2.64. The van der Waals surface area contributed by atoms with Gasteiger partial charge in [0.15, 0.2) is 0 Å². The maximum absolute atomic E-state index is 13.6. The third-order valence-corrected chi connectivity index (χ3v) is 7.15. The third-order valence-electron chi connectivity index (χ3n) is 5.89. The fourth-order valence-corrected chi connectivity index (χ4v) is 5.14. The lowest BCUT2D eigenvalue weighted by atomic mass is 10.0. The van der Waals surface area contributed by atoms with Crippen LogP contribution in [-0.4, -0.2) is 33.6 Å². The molecule has 2 aromatic carbocycles. The summed E-state index contributed by atoms with van der Waals surface area (Å²) in [4.78, 5) is 28.0. The Kier molecular flexibility index (Phi) is 7.06. The number of carbonyl (C=O) groups excluding carboxylic acids is 1. The maximum atomic E-state index is 13.6. The molecule has 170 valence electrons. The number of unbranched alkanes of at least 4 members (excludes halogenated alkanes) is 1. The minimum Gasteiger partial charge on any atom is -0.396 e. The normalized spacial score (nSPS) is 11.1. The number of hydrogen-bond acceptors (Lipinski definition) is 4. The Bertz CT molecular complexity index is 1320. The van der Waals surface area contributed by atoms with Gasteiger partial charge >= 0.3 is 0 Å². The van der Waals surface area contributed by atoms with E-state index in [9.17, 15) is 14.7 Å². The van der Waals surface area contributed by atoms with Crippen molar-refractivity contribution in [2.75, 3.05) is 13.2 Å². The number of aliphatic hydroxyl groups is 1. The van der Waals surface area contributed by atoms with Crippen LogP contribution in [0.3, 0.4) is 0 Å². The van der Waals surface area contributed by atoms with E-state index in [-0.39, 0.29) is 18.1 Å². The quantitative estimate of drug-likeness (QED) is 0.377. The Hall–Kier alpha value is -3.22. The van der Waals surface area contributed by atoms with E-state index >= 15 is 0 Å². The molecule has 0 aliphatic carbocycles. The Morgan fingerprint density at radius 2 is 1.79 bits per heavy atom. The summed E-state index contributed by atoms with van der Waals surface area (Å²) in [6, 6.07) is 19.6. The standard InChI is InChI=1S/C27H28N2O3S/c1-19-23-16-21(22-11-13-25(31)28(2)18-22)10-12-24(23)33-26(19)27(32)29(14-6-7-15-30)17-20-8-4-3-5-9-20/h3-5,8-13,16,18,30H,6-7,14-15,17H2,1-2H3. The molecular weight excluding hydrogens is 432 g/mol. The molecule has 4 aromatic rings. The number of aromatic nitrogens is 1. The number of nitrogens with zero attached hydrogens (tertiary/aromatic N) is 2. The molecule has 0 aliphatic heterocycles. The first-order chi connectivity index (χ1) is 16.0. The average Bonchev–Trinajstić information content (AvgIpc) is 3.16. The molecule has 1 N–H and O–H groups in total. The van der Waals surface area contributed by atoms with Crippen LogP contribution >= 0.6 is 11.3 Å². The van der Waals surface area contributed by atoms with Gasteiger partial charge in [-0.15, -0.1) is 11.3 Å². The molecule has 0 fully saturated rings. The van der Waals surface area contributed by atoms with Gasteiger partial charge in [0.1, 0.15) is 0 Å². The monoisotopic (exact) mass is 460 g/mol. The first-order valence-electron chi connectivity index (χ1n) is 11.1. The van der Waals surface area contributed by atoms with Crippen LogP contribution in [0.2, 0.25) is 0 Å². The molecular formula is C27H28N2O3S. The highest BCUT2D eigenvalue weighted by molar-refractivity contribution is 7.21. The first kappa shape index (κ1) is 23.0. The Morgan fingerprint density at radius 1 is 1.03 bits per heavy atom. The van der Waals surface area contributed by atoms with Gasteiger partial charge in [-0.25, -0.2) is 0 Å². The Labute approximate surface area is 197 Å². The second kappa shape index (κ2) is 10.1. The molecule has 4 rings (SSSR count). The van der Waals surface area contributed by atoms with Crippen molar-refractivity contribution in [3.8, 4) is 11.1 Å². The number of pyridine rings is 1. The minimum atomic E-state index is -0.0425. The maximum Gasteiger partial charge on any atom is 0.264 e. The SMILES string of the molecule is Cc1c(C(=O)N(CCCCO)Cc2ccccc2)sc2ccc(-c3ccc(=O)n(C)c3)cc12. The highest BCUT2D eigenvalue weighted by atomic mass is 32.1. The van der Waals surface area contributed by atoms with Crippen LogP contribution in [0, 0.1) is 6.92 Å². The van der Waals surface area contributed by atoms with Crippen LogP contribution in [0.4, 0.5) is 0 Å². The third kappa shape index (κ3) is 5.07. The number of carbonyl (C=O) groups is 1. The van der Waals surface area contributed by atoms with E-state index in [1.807, 2.05) is 60.5 Å². The molecule has 5 nitrogen and oxygen atoms in total. The average molecular weight is 461 g/mol. The number of hydrogen-bond donors (Lipinski definition) is 1. The van der Waals surface area contributed by atoms with Crippen molar-refractivity contribution >= 4 is 27.3 Å². The summed E-state index contributed by atoms with van der Waals surface area (Å²) in [5, 5.41) is 10.3. The zero-order valence-electron chi connectivity index (χ0n) is 19.0. The van der Waals surface area contributed by atoms with Gasteiger partial charge in [-0.1, -0.05) is 36.4 Å². The van der Waals surface area contributed by atoms with Crippen LogP contribution in [0.1, 0.15) is 33.6 Å². The second-order valence-electron chi connectivity index (χ2n) is 8.28. The van der Waals surface area contributed by atoms with Gasteiger partial charge in [-0.05, 0) is 65.6 Å². The van der Waals surface area contributed by atoms with Crippen molar-refractivity contribution < 1.29 is 9.90 Å². The fourth-order valence-electron chi connectivity index (χ4n) is 3.98. The van der Waals surface area contributed by atoms with Crippen molar-refractivity contribution in [1.29, 1.82) is 0 Å². The van der Waals surface area contributed by atoms with E-state index in [0.717, 1.165) is 43.6 Å². The molecule has 0 radical (unpaired) electrons. The molecule has 0 spiro atoms. The van der Waals surface area contributed by atoms with Crippen LogP contribution < -0.4 is 5.56 Å². The van der Waals surface area contributed by atoms with Crippen molar-refractivity contribution in [2.24, 2.45) is 7.05 Å². The summed E-state index contributed by atoms with van der Waals surface area (Å²) in [6.45, 7) is 3.28. The predicted octanol–water partition coefficient (Wildman–Crippen LogP) is 4.99. The van der Waals surface area contributed by atoms with Crippen molar-refractivity contribution in [3.63, 3.8) is 0 Å². The molecule has 0 bridgehead atoms. The van der Waals surface area contributed by atoms with Crippen LogP contribution in [-0.2, 0) is 13.6 Å². The van der Waals surface area contributed by atoms with E-state index in [1.54, 1.807) is 17.7 Å². The Morgan fingerprint density at radius 3 is 2.52 bits per heavy atom. The number of aryl methyl sites for hydroxylation is 2. The molecule has 0 saturated carbocycles. The smallest absolute Gasteiger partial charge is 0.264 e. The van der Waals surface area contributed by atoms with Gasteiger partial charge in [-0.2, -0.15) is 0 Å². The van der Waals surface area contributed by atoms with E-state index in [2.05, 4.69) is 12.1 Å². The molecule has 2 heterocycles. The minimum absolute atomic E-state index is 0.0270. The van der Waals surface area contributed by atoms with E-state index in [0.29, 0.717) is 19.5 Å². The number of aliphatic hydroxyl groups excluding tert-OH is 1. The molecule has 0 atom stereocenters. The van der Waals surface area contributed by atoms with Crippen LogP contribution in [0.15, 0.2) is 71.7 Å². The van der Waals surface area contributed by atoms with Gasteiger partial charge < -0.3 is 14.6 Å². The summed E-state index contributed by atoms with van der Waals surface area (Å²) in [6.07, 6.45) is 3.27. The van der Waals surface area contributed by atoms with Crippen LogP contribution in [0.5, 0.6) is 0 Å². The zero-order chi connectivity index (χ0) is 23.4. The van der Waals surface area contributed by atoms with E-state index in [1.165, 1.54) is 11.3 Å². The molecule has 33 heavy (non-hydrogen) atoms. The topological polar surface area (TPSA) is 62.5 Å². The summed E-state index contributed by atoms with van der Waals surface area (Å²) in [7, 11) is 1.75. The molecule has 0 saturated heterocycles. The Balaban J connectivity index is 1.67. The molecule has 1 amide bonds. The number of rotatable bonds is 8. The second-order valence-corrected chi connectivity index (χ2v) is 9.33. The summed E-state index contributed by atoms with van der Waals surface area (Å²) in [5.41, 5.74) is 4.01.